The Hall–Kier alpha value is -2.50. The minimum Gasteiger partial charge on any atom is -0.494 e. The van der Waals surface area contributed by atoms with Crippen molar-refractivity contribution in [1.82, 2.24) is 0 Å². The fraction of sp³-hybridized carbons (Fsp3) is 0.350. The van der Waals surface area contributed by atoms with E-state index in [1.807, 2.05) is 13.8 Å². The van der Waals surface area contributed by atoms with E-state index in [0.717, 1.165) is 12.1 Å². The molecule has 2 aromatic carbocycles. The summed E-state index contributed by atoms with van der Waals surface area (Å²) in [5.41, 5.74) is 1.06. The van der Waals surface area contributed by atoms with Crippen LogP contribution in [-0.4, -0.2) is 17.7 Å². The summed E-state index contributed by atoms with van der Waals surface area (Å²) in [4.78, 5) is 11.6. The van der Waals surface area contributed by atoms with Crippen LogP contribution >= 0.6 is 0 Å². The van der Waals surface area contributed by atoms with E-state index in [2.05, 4.69) is 0 Å². The number of rotatable bonds is 7. The van der Waals surface area contributed by atoms with Crippen LogP contribution in [0.3, 0.4) is 0 Å². The molecule has 0 bridgehead atoms. The third kappa shape index (κ3) is 4.77. The van der Waals surface area contributed by atoms with Gasteiger partial charge in [-0.2, -0.15) is 13.2 Å². The number of halogens is 3. The van der Waals surface area contributed by atoms with Gasteiger partial charge >= 0.3 is 12.1 Å². The van der Waals surface area contributed by atoms with E-state index in [4.69, 9.17) is 4.74 Å². The Labute approximate surface area is 150 Å². The van der Waals surface area contributed by atoms with E-state index >= 15 is 0 Å². The maximum Gasteiger partial charge on any atom is 0.416 e. The van der Waals surface area contributed by atoms with Gasteiger partial charge in [0.25, 0.3) is 0 Å². The molecular formula is C20H21F3O3. The van der Waals surface area contributed by atoms with Gasteiger partial charge in [-0.15, -0.1) is 0 Å². The molecule has 0 amide bonds. The van der Waals surface area contributed by atoms with Gasteiger partial charge in [-0.25, -0.2) is 0 Å². The standard InChI is InChI=1S/C20H21F3O3/c1-3-5-18(19(24)25)15-10-14(11-17(12-15)26-4-2)13-6-8-16(9-7-13)20(21,22)23/h6-12,18H,3-5H2,1-2H3,(H,24,25). The lowest BCUT2D eigenvalue weighted by molar-refractivity contribution is -0.139. The molecule has 0 aliphatic heterocycles. The van der Waals surface area contributed by atoms with E-state index in [-0.39, 0.29) is 0 Å². The van der Waals surface area contributed by atoms with Crippen LogP contribution in [-0.2, 0) is 11.0 Å². The molecule has 0 heterocycles. The molecule has 0 spiro atoms. The zero-order valence-corrected chi connectivity index (χ0v) is 14.6. The van der Waals surface area contributed by atoms with Crippen molar-refractivity contribution in [2.24, 2.45) is 0 Å². The lowest BCUT2D eigenvalue weighted by atomic mass is 9.91. The fourth-order valence-electron chi connectivity index (χ4n) is 2.81. The summed E-state index contributed by atoms with van der Waals surface area (Å²) in [5.74, 6) is -1.12. The highest BCUT2D eigenvalue weighted by atomic mass is 19.4. The minimum atomic E-state index is -4.40. The number of aliphatic carboxylic acids is 1. The summed E-state index contributed by atoms with van der Waals surface area (Å²) in [6.07, 6.45) is -3.23. The summed E-state index contributed by atoms with van der Waals surface area (Å²) in [7, 11) is 0. The van der Waals surface area contributed by atoms with E-state index in [1.165, 1.54) is 12.1 Å². The van der Waals surface area contributed by atoms with Gasteiger partial charge in [-0.05, 0) is 54.3 Å². The predicted molar refractivity (Wildman–Crippen MR) is 93.3 cm³/mol. The van der Waals surface area contributed by atoms with Crippen molar-refractivity contribution in [3.05, 3.63) is 53.6 Å². The Balaban J connectivity index is 2.48. The molecule has 0 aromatic heterocycles. The average molecular weight is 366 g/mol. The monoisotopic (exact) mass is 366 g/mol. The number of benzene rings is 2. The summed E-state index contributed by atoms with van der Waals surface area (Å²) in [6, 6.07) is 9.90. The maximum atomic E-state index is 12.7. The Morgan fingerprint density at radius 2 is 1.73 bits per heavy atom. The third-order valence-corrected chi connectivity index (χ3v) is 4.06. The van der Waals surface area contributed by atoms with Crippen LogP contribution in [0, 0.1) is 0 Å². The quantitative estimate of drug-likeness (QED) is 0.680. The number of carboxylic acid groups (broad SMARTS) is 1. The van der Waals surface area contributed by atoms with Crippen LogP contribution in [0.15, 0.2) is 42.5 Å². The van der Waals surface area contributed by atoms with Crippen LogP contribution < -0.4 is 4.74 Å². The number of carboxylic acids is 1. The first kappa shape index (κ1) is 19.8. The molecule has 3 nitrogen and oxygen atoms in total. The van der Waals surface area contributed by atoms with Crippen molar-refractivity contribution < 1.29 is 27.8 Å². The molecule has 1 atom stereocenters. The molecule has 1 N–H and O–H groups in total. The zero-order chi connectivity index (χ0) is 19.3. The summed E-state index contributed by atoms with van der Waals surface area (Å²) < 4.78 is 43.8. The number of alkyl halides is 3. The Kier molecular flexibility index (Phi) is 6.29. The highest BCUT2D eigenvalue weighted by Gasteiger charge is 2.30. The first-order valence-corrected chi connectivity index (χ1v) is 8.44. The zero-order valence-electron chi connectivity index (χ0n) is 14.6. The predicted octanol–water partition coefficient (Wildman–Crippen LogP) is 5.74. The van der Waals surface area contributed by atoms with Crippen LogP contribution in [0.25, 0.3) is 11.1 Å². The van der Waals surface area contributed by atoms with Gasteiger partial charge in [0.15, 0.2) is 0 Å². The van der Waals surface area contributed by atoms with Crippen molar-refractivity contribution in [3.63, 3.8) is 0 Å². The smallest absolute Gasteiger partial charge is 0.416 e. The Bertz CT molecular complexity index is 752. The van der Waals surface area contributed by atoms with E-state index in [1.54, 1.807) is 18.2 Å². The number of hydrogen-bond acceptors (Lipinski definition) is 2. The van der Waals surface area contributed by atoms with Crippen LogP contribution in [0.2, 0.25) is 0 Å². The van der Waals surface area contributed by atoms with Gasteiger partial charge in [0.1, 0.15) is 5.75 Å². The number of carbonyl (C=O) groups is 1. The molecule has 0 aliphatic rings. The number of ether oxygens (including phenoxy) is 1. The van der Waals surface area contributed by atoms with Gasteiger partial charge in [-0.3, -0.25) is 4.79 Å². The topological polar surface area (TPSA) is 46.5 Å². The van der Waals surface area contributed by atoms with E-state index in [9.17, 15) is 23.1 Å². The van der Waals surface area contributed by atoms with Crippen LogP contribution in [0.1, 0.15) is 43.7 Å². The van der Waals surface area contributed by atoms with Crippen molar-refractivity contribution >= 4 is 5.97 Å². The second-order valence-electron chi connectivity index (χ2n) is 5.98. The molecule has 1 unspecified atom stereocenters. The summed E-state index contributed by atoms with van der Waals surface area (Å²) in [5, 5.41) is 9.50. The maximum absolute atomic E-state index is 12.7. The SMILES string of the molecule is CCCC(C(=O)O)c1cc(OCC)cc(-c2ccc(C(F)(F)F)cc2)c1. The molecule has 26 heavy (non-hydrogen) atoms. The second-order valence-corrected chi connectivity index (χ2v) is 5.98. The molecule has 140 valence electrons. The fourth-order valence-corrected chi connectivity index (χ4v) is 2.81. The van der Waals surface area contributed by atoms with Gasteiger partial charge in [-0.1, -0.05) is 31.5 Å². The molecule has 6 heteroatoms. The lowest BCUT2D eigenvalue weighted by Gasteiger charge is -2.16. The third-order valence-electron chi connectivity index (χ3n) is 4.06. The van der Waals surface area contributed by atoms with Crippen LogP contribution in [0.4, 0.5) is 13.2 Å². The molecule has 0 radical (unpaired) electrons. The van der Waals surface area contributed by atoms with Crippen molar-refractivity contribution in [2.45, 2.75) is 38.8 Å². The second kappa shape index (κ2) is 8.25. The summed E-state index contributed by atoms with van der Waals surface area (Å²) >= 11 is 0. The van der Waals surface area contributed by atoms with Gasteiger partial charge in [0.05, 0.1) is 18.1 Å². The molecule has 2 aromatic rings. The molecule has 0 saturated heterocycles. The van der Waals surface area contributed by atoms with E-state index in [0.29, 0.717) is 41.9 Å². The van der Waals surface area contributed by atoms with Crippen LogP contribution in [0.5, 0.6) is 5.75 Å². The summed E-state index contributed by atoms with van der Waals surface area (Å²) in [6.45, 7) is 4.12. The van der Waals surface area contributed by atoms with Crippen molar-refractivity contribution in [1.29, 1.82) is 0 Å². The first-order chi connectivity index (χ1) is 12.3. The molecule has 0 fully saturated rings. The van der Waals surface area contributed by atoms with Crippen molar-refractivity contribution in [2.75, 3.05) is 6.61 Å². The first-order valence-electron chi connectivity index (χ1n) is 8.44. The lowest BCUT2D eigenvalue weighted by Crippen LogP contribution is -2.11. The highest BCUT2D eigenvalue weighted by Crippen LogP contribution is 2.34. The minimum absolute atomic E-state index is 0.404. The van der Waals surface area contributed by atoms with Gasteiger partial charge in [0.2, 0.25) is 0 Å². The Morgan fingerprint density at radius 1 is 1.08 bits per heavy atom. The van der Waals surface area contributed by atoms with Gasteiger partial charge < -0.3 is 9.84 Å². The average Bonchev–Trinajstić information content (AvgIpc) is 2.58. The highest BCUT2D eigenvalue weighted by molar-refractivity contribution is 5.78. The largest absolute Gasteiger partial charge is 0.494 e. The number of hydrogen-bond donors (Lipinski definition) is 1. The molecular weight excluding hydrogens is 345 g/mol. The van der Waals surface area contributed by atoms with Crippen molar-refractivity contribution in [3.8, 4) is 16.9 Å². The molecule has 2 rings (SSSR count). The van der Waals surface area contributed by atoms with Gasteiger partial charge in [0, 0.05) is 0 Å². The molecule has 0 aliphatic carbocycles. The Morgan fingerprint density at radius 3 is 2.23 bits per heavy atom. The molecule has 0 saturated carbocycles. The van der Waals surface area contributed by atoms with E-state index < -0.39 is 23.6 Å². The normalized spacial score (nSPS) is 12.7.